The first-order valence-electron chi connectivity index (χ1n) is 21.8. The van der Waals surface area contributed by atoms with Gasteiger partial charge in [0.15, 0.2) is 11.6 Å². The molecule has 9 heterocycles. The largest absolute Gasteiger partial charge is 0.396 e. The summed E-state index contributed by atoms with van der Waals surface area (Å²) in [5.41, 5.74) is 13.7. The quantitative estimate of drug-likeness (QED) is 0.193. The first-order chi connectivity index (χ1) is 29.6. The van der Waals surface area contributed by atoms with Gasteiger partial charge in [-0.1, -0.05) is 44.0 Å². The van der Waals surface area contributed by atoms with Gasteiger partial charge in [0, 0.05) is 95.5 Å². The molecule has 0 spiro atoms. The van der Waals surface area contributed by atoms with Crippen LogP contribution in [0.1, 0.15) is 86.5 Å². The number of alkyl halides is 2. The second kappa shape index (κ2) is 19.9. The van der Waals surface area contributed by atoms with E-state index in [9.17, 15) is 13.6 Å². The molecule has 334 valence electrons. The minimum absolute atomic E-state index is 0.0555. The molecule has 16 heteroatoms. The molecule has 3 saturated heterocycles. The van der Waals surface area contributed by atoms with E-state index in [-0.39, 0.29) is 11.3 Å². The highest BCUT2D eigenvalue weighted by atomic mass is 35.5. The molecule has 0 aliphatic carbocycles. The molecule has 9 rings (SSSR count). The van der Waals surface area contributed by atoms with Gasteiger partial charge in [0.05, 0.1) is 34.5 Å². The average Bonchev–Trinajstić information content (AvgIpc) is 4.04. The molecule has 62 heavy (non-hydrogen) atoms. The number of ether oxygens (including phenoxy) is 1. The number of nitrogens with one attached hydrogen (secondary N) is 1. The fourth-order valence-electron chi connectivity index (χ4n) is 8.42. The van der Waals surface area contributed by atoms with E-state index in [1.54, 1.807) is 12.4 Å². The predicted molar refractivity (Wildman–Crippen MR) is 247 cm³/mol. The van der Waals surface area contributed by atoms with Crippen LogP contribution in [-0.2, 0) is 35.5 Å². The summed E-state index contributed by atoms with van der Waals surface area (Å²) in [6, 6.07) is 7.93. The van der Waals surface area contributed by atoms with E-state index >= 15 is 0 Å². The van der Waals surface area contributed by atoms with Crippen LogP contribution in [0.15, 0.2) is 36.7 Å². The lowest BCUT2D eigenvalue weighted by atomic mass is 9.92. The topological polar surface area (TPSA) is 129 Å². The van der Waals surface area contributed by atoms with Crippen LogP contribution in [0.2, 0.25) is 10.0 Å². The Morgan fingerprint density at radius 3 is 1.74 bits per heavy atom. The van der Waals surface area contributed by atoms with Gasteiger partial charge in [0.1, 0.15) is 24.0 Å². The minimum Gasteiger partial charge on any atom is -0.396 e. The number of carbonyl (C=O) groups is 1. The molecule has 5 aliphatic rings. The second-order valence-corrected chi connectivity index (χ2v) is 19.0. The SMILES string of the molecule is C1CCOC1.Cc1cc(N2CCc3ncc(Cl)cc3C2)nc(N2CC[C@@H](F)C2)c1N.Cc1cc(N2CCc3ncc(Cl)cc3C2)nc(N2CC[C@@H](F)C2)c1NC(=O)CC(C)(C)C. The monoisotopic (exact) mass is 892 g/mol. The van der Waals surface area contributed by atoms with Crippen molar-refractivity contribution in [2.45, 2.75) is 105 Å². The van der Waals surface area contributed by atoms with Gasteiger partial charge in [0.2, 0.25) is 5.91 Å². The van der Waals surface area contributed by atoms with Crippen molar-refractivity contribution in [2.24, 2.45) is 5.41 Å². The van der Waals surface area contributed by atoms with Crippen LogP contribution in [0.25, 0.3) is 0 Å². The summed E-state index contributed by atoms with van der Waals surface area (Å²) in [6.07, 6.45) is 7.32. The number of rotatable bonds is 6. The number of carbonyl (C=O) groups excluding carboxylic acids is 1. The number of halogens is 4. The van der Waals surface area contributed by atoms with Gasteiger partial charge in [-0.25, -0.2) is 18.7 Å². The average molecular weight is 894 g/mol. The first-order valence-corrected chi connectivity index (χ1v) is 22.6. The third-order valence-corrected chi connectivity index (χ3v) is 12.1. The number of pyridine rings is 4. The van der Waals surface area contributed by atoms with Crippen LogP contribution in [0.3, 0.4) is 0 Å². The van der Waals surface area contributed by atoms with Crippen molar-refractivity contribution in [3.05, 3.63) is 80.3 Å². The van der Waals surface area contributed by atoms with Crippen LogP contribution in [0.4, 0.5) is 43.4 Å². The lowest BCUT2D eigenvalue weighted by Gasteiger charge is -2.31. The third-order valence-electron chi connectivity index (χ3n) is 11.7. The molecule has 2 atom stereocenters. The first kappa shape index (κ1) is 45.5. The Morgan fingerprint density at radius 1 is 0.774 bits per heavy atom. The summed E-state index contributed by atoms with van der Waals surface area (Å²) < 4.78 is 32.6. The highest BCUT2D eigenvalue weighted by molar-refractivity contribution is 6.30. The Hall–Kier alpha value is -4.53. The zero-order valence-corrected chi connectivity index (χ0v) is 38.1. The van der Waals surface area contributed by atoms with Crippen molar-refractivity contribution in [1.82, 2.24) is 19.9 Å². The maximum Gasteiger partial charge on any atom is 0.225 e. The van der Waals surface area contributed by atoms with Gasteiger partial charge in [-0.15, -0.1) is 0 Å². The van der Waals surface area contributed by atoms with Gasteiger partial charge in [-0.2, -0.15) is 0 Å². The van der Waals surface area contributed by atoms with E-state index in [0.717, 1.165) is 84.4 Å². The number of nitrogen functional groups attached to an aromatic ring is 1. The Balaban J connectivity index is 0.000000171. The maximum absolute atomic E-state index is 14.0. The van der Waals surface area contributed by atoms with Crippen LogP contribution in [0, 0.1) is 19.3 Å². The number of aryl methyl sites for hydroxylation is 2. The zero-order valence-electron chi connectivity index (χ0n) is 36.6. The fourth-order valence-corrected chi connectivity index (χ4v) is 8.78. The summed E-state index contributed by atoms with van der Waals surface area (Å²) in [4.78, 5) is 39.6. The highest BCUT2D eigenvalue weighted by Gasteiger charge is 2.30. The fraction of sp³-hybridized carbons (Fsp3) is 0.543. The molecule has 4 aromatic heterocycles. The van der Waals surface area contributed by atoms with E-state index in [1.807, 2.05) is 68.7 Å². The third kappa shape index (κ3) is 11.5. The molecule has 1 amide bonds. The number of hydrogen-bond acceptors (Lipinski definition) is 11. The van der Waals surface area contributed by atoms with Crippen LogP contribution >= 0.6 is 23.2 Å². The number of nitrogens with zero attached hydrogens (tertiary/aromatic N) is 8. The molecule has 3 N–H and O–H groups in total. The number of hydrogen-bond donors (Lipinski definition) is 2. The summed E-state index contributed by atoms with van der Waals surface area (Å²) in [7, 11) is 0. The van der Waals surface area contributed by atoms with E-state index in [2.05, 4.69) is 25.1 Å². The molecular weight excluding hydrogens is 833 g/mol. The van der Waals surface area contributed by atoms with Crippen molar-refractivity contribution < 1.29 is 18.3 Å². The van der Waals surface area contributed by atoms with Gasteiger partial charge in [0.25, 0.3) is 0 Å². The maximum atomic E-state index is 14.0. The van der Waals surface area contributed by atoms with E-state index in [1.165, 1.54) is 12.8 Å². The molecule has 0 unspecified atom stereocenters. The predicted octanol–water partition coefficient (Wildman–Crippen LogP) is 8.85. The normalized spacial score (nSPS) is 19.6. The van der Waals surface area contributed by atoms with Crippen molar-refractivity contribution >= 4 is 63.8 Å². The van der Waals surface area contributed by atoms with E-state index in [0.29, 0.717) is 91.6 Å². The Morgan fingerprint density at radius 2 is 1.27 bits per heavy atom. The Bertz CT molecular complexity index is 2210. The van der Waals surface area contributed by atoms with Crippen LogP contribution < -0.4 is 30.7 Å². The summed E-state index contributed by atoms with van der Waals surface area (Å²) in [5.74, 6) is 2.98. The van der Waals surface area contributed by atoms with Crippen molar-refractivity contribution in [2.75, 3.05) is 83.1 Å². The molecule has 0 saturated carbocycles. The number of amides is 1. The summed E-state index contributed by atoms with van der Waals surface area (Å²) >= 11 is 12.2. The van der Waals surface area contributed by atoms with Crippen molar-refractivity contribution in [1.29, 1.82) is 0 Å². The van der Waals surface area contributed by atoms with Gasteiger partial charge < -0.3 is 35.4 Å². The lowest BCUT2D eigenvalue weighted by molar-refractivity contribution is -0.117. The smallest absolute Gasteiger partial charge is 0.225 e. The van der Waals surface area contributed by atoms with E-state index < -0.39 is 12.3 Å². The molecule has 4 aromatic rings. The standard InChI is InChI=1S/C24H31ClFN5O.C18H21ClFN5.C4H8O/c1-15-9-20(30-8-6-19-16(13-30)10-17(25)12-27-19)28-23(31-7-5-18(26)14-31)22(15)29-21(32)11-24(2,3)4;1-11-6-16(23-18(17(11)21)25-4-2-14(20)10-25)24-5-3-15-12(9-24)7-13(19)8-22-15;1-2-4-5-3-1/h9-10,12,18H,5-8,11,13-14H2,1-4H3,(H,29,32);6-8,14H,2-5,9-10,21H2,1H3;1-4H2/t18-;14-;/m11./s1. The number of aromatic nitrogens is 4. The minimum atomic E-state index is -0.881. The second-order valence-electron chi connectivity index (χ2n) is 18.2. The van der Waals surface area contributed by atoms with Gasteiger partial charge in [-0.3, -0.25) is 14.8 Å². The molecule has 12 nitrogen and oxygen atoms in total. The molecule has 0 radical (unpaired) electrons. The molecule has 3 fully saturated rings. The Labute approximate surface area is 374 Å². The molecule has 0 bridgehead atoms. The molecular formula is C46H60Cl2F2N10O2. The van der Waals surface area contributed by atoms with Crippen molar-refractivity contribution in [3.63, 3.8) is 0 Å². The number of nitrogens with two attached hydrogens (primary N) is 1. The number of anilines is 6. The lowest BCUT2D eigenvalue weighted by Crippen LogP contribution is -2.33. The summed E-state index contributed by atoms with van der Waals surface area (Å²) in [5, 5.41) is 4.34. The zero-order chi connectivity index (χ0) is 44.1. The van der Waals surface area contributed by atoms with Gasteiger partial charge in [-0.05, 0) is 91.5 Å². The van der Waals surface area contributed by atoms with Crippen LogP contribution in [0.5, 0.6) is 0 Å². The Kier molecular flexibility index (Phi) is 14.6. The molecule has 0 aromatic carbocycles. The molecule has 5 aliphatic heterocycles. The van der Waals surface area contributed by atoms with E-state index in [4.69, 9.17) is 43.6 Å². The van der Waals surface area contributed by atoms with Crippen LogP contribution in [-0.4, -0.2) is 90.7 Å². The van der Waals surface area contributed by atoms with Gasteiger partial charge >= 0.3 is 0 Å². The summed E-state index contributed by atoms with van der Waals surface area (Å²) in [6.45, 7) is 16.9. The van der Waals surface area contributed by atoms with Crippen molar-refractivity contribution in [3.8, 4) is 0 Å². The highest BCUT2D eigenvalue weighted by Crippen LogP contribution is 2.37. The number of fused-ring (bicyclic) bond motifs is 2.